The average Bonchev–Trinajstić information content (AvgIpc) is 2.64. The maximum Gasteiger partial charge on any atom is 0.391 e. The van der Waals surface area contributed by atoms with Crippen LogP contribution in [0.2, 0.25) is 0 Å². The minimum atomic E-state index is -4.25. The number of halogens is 5. The first kappa shape index (κ1) is 15.6. The summed E-state index contributed by atoms with van der Waals surface area (Å²) < 4.78 is 40.0. The molecule has 0 aliphatic carbocycles. The Bertz CT molecular complexity index is 624. The summed E-state index contributed by atoms with van der Waals surface area (Å²) in [7, 11) is 0. The maximum absolute atomic E-state index is 12.6. The highest BCUT2D eigenvalue weighted by Gasteiger charge is 2.33. The third kappa shape index (κ3) is 3.25. The Morgan fingerprint density at radius 2 is 2.05 bits per heavy atom. The van der Waals surface area contributed by atoms with Gasteiger partial charge in [-0.25, -0.2) is 9.97 Å². The number of pyridine rings is 1. The van der Waals surface area contributed by atoms with E-state index >= 15 is 0 Å². The van der Waals surface area contributed by atoms with Crippen LogP contribution in [-0.2, 0) is 0 Å². The second kappa shape index (κ2) is 5.52. The van der Waals surface area contributed by atoms with Crippen molar-refractivity contribution in [3.05, 3.63) is 22.6 Å². The fourth-order valence-corrected chi connectivity index (χ4v) is 2.59. The molecule has 0 saturated carbocycles. The van der Waals surface area contributed by atoms with Crippen molar-refractivity contribution in [1.82, 2.24) is 14.5 Å². The smallest absolute Gasteiger partial charge is 0.308 e. The molecule has 2 rings (SSSR count). The number of hydrogen-bond acceptors (Lipinski definition) is 2. The molecule has 2 aromatic rings. The maximum atomic E-state index is 12.6. The van der Waals surface area contributed by atoms with Gasteiger partial charge in [0.25, 0.3) is 0 Å². The Morgan fingerprint density at radius 1 is 1.40 bits per heavy atom. The van der Waals surface area contributed by atoms with Gasteiger partial charge in [0.05, 0.1) is 11.8 Å². The molecule has 0 N–H and O–H groups in total. The summed E-state index contributed by atoms with van der Waals surface area (Å²) in [4.78, 5) is 8.46. The molecule has 2 atom stereocenters. The minimum Gasteiger partial charge on any atom is -0.308 e. The molecule has 0 saturated heterocycles. The van der Waals surface area contributed by atoms with Crippen LogP contribution in [0.1, 0.15) is 37.5 Å². The van der Waals surface area contributed by atoms with Crippen molar-refractivity contribution in [1.29, 1.82) is 0 Å². The first-order valence-corrected chi connectivity index (χ1v) is 7.16. The normalized spacial score (nSPS) is 15.6. The summed E-state index contributed by atoms with van der Waals surface area (Å²) in [6, 6.07) is 0.895. The Hall–Kier alpha value is -0.820. The molecule has 0 amide bonds. The van der Waals surface area contributed by atoms with Crippen molar-refractivity contribution in [2.75, 3.05) is 0 Å². The van der Waals surface area contributed by atoms with Gasteiger partial charge in [0.1, 0.15) is 11.3 Å². The monoisotopic (exact) mass is 369 g/mol. The average molecular weight is 371 g/mol. The van der Waals surface area contributed by atoms with Crippen LogP contribution in [0.25, 0.3) is 11.2 Å². The van der Waals surface area contributed by atoms with Crippen LogP contribution in [0.4, 0.5) is 13.2 Å². The summed E-state index contributed by atoms with van der Waals surface area (Å²) in [5, 5.41) is -0.501. The molecule has 0 aliphatic rings. The number of rotatable bonds is 3. The SMILES string of the molecule is CC(Cl)c1nc2cc(Br)cnc2n1C(C)CC(F)(F)F. The number of nitrogens with zero attached hydrogens (tertiary/aromatic N) is 3. The molecule has 3 nitrogen and oxygen atoms in total. The highest BCUT2D eigenvalue weighted by Crippen LogP contribution is 2.33. The van der Waals surface area contributed by atoms with Gasteiger partial charge in [0.2, 0.25) is 0 Å². The van der Waals surface area contributed by atoms with Crippen molar-refractivity contribution in [3.63, 3.8) is 0 Å². The van der Waals surface area contributed by atoms with E-state index in [1.807, 2.05) is 0 Å². The Morgan fingerprint density at radius 3 is 2.60 bits per heavy atom. The van der Waals surface area contributed by atoms with E-state index in [0.29, 0.717) is 21.5 Å². The number of hydrogen-bond donors (Lipinski definition) is 0. The molecule has 0 bridgehead atoms. The van der Waals surface area contributed by atoms with E-state index in [0.717, 1.165) is 0 Å². The van der Waals surface area contributed by atoms with Gasteiger partial charge in [-0.1, -0.05) is 0 Å². The first-order valence-electron chi connectivity index (χ1n) is 5.93. The first-order chi connectivity index (χ1) is 9.19. The van der Waals surface area contributed by atoms with Gasteiger partial charge in [-0.15, -0.1) is 11.6 Å². The topological polar surface area (TPSA) is 30.7 Å². The van der Waals surface area contributed by atoms with Crippen LogP contribution in [0, 0.1) is 0 Å². The van der Waals surface area contributed by atoms with Crippen molar-refractivity contribution < 1.29 is 13.2 Å². The highest BCUT2D eigenvalue weighted by atomic mass is 79.9. The zero-order valence-corrected chi connectivity index (χ0v) is 13.1. The van der Waals surface area contributed by atoms with Gasteiger partial charge < -0.3 is 4.57 Å². The molecule has 20 heavy (non-hydrogen) atoms. The van der Waals surface area contributed by atoms with Gasteiger partial charge in [-0.3, -0.25) is 0 Å². The number of alkyl halides is 4. The lowest BCUT2D eigenvalue weighted by atomic mass is 10.2. The van der Waals surface area contributed by atoms with E-state index in [1.54, 1.807) is 13.0 Å². The van der Waals surface area contributed by atoms with Crippen LogP contribution in [0.15, 0.2) is 16.7 Å². The third-order valence-electron chi connectivity index (χ3n) is 2.85. The second-order valence-electron chi connectivity index (χ2n) is 4.62. The van der Waals surface area contributed by atoms with Crippen LogP contribution in [0.5, 0.6) is 0 Å². The van der Waals surface area contributed by atoms with Crippen LogP contribution in [0.3, 0.4) is 0 Å². The number of aromatic nitrogens is 3. The molecule has 110 valence electrons. The van der Waals surface area contributed by atoms with E-state index in [2.05, 4.69) is 25.9 Å². The van der Waals surface area contributed by atoms with Gasteiger partial charge in [0, 0.05) is 16.7 Å². The van der Waals surface area contributed by atoms with E-state index in [9.17, 15) is 13.2 Å². The second-order valence-corrected chi connectivity index (χ2v) is 6.19. The van der Waals surface area contributed by atoms with Crippen molar-refractivity contribution in [3.8, 4) is 0 Å². The Kier molecular flexibility index (Phi) is 4.30. The highest BCUT2D eigenvalue weighted by molar-refractivity contribution is 9.10. The van der Waals surface area contributed by atoms with Crippen molar-refractivity contribution in [2.45, 2.75) is 37.9 Å². The lowest BCUT2D eigenvalue weighted by Gasteiger charge is -2.19. The molecule has 2 aromatic heterocycles. The van der Waals surface area contributed by atoms with Crippen molar-refractivity contribution in [2.24, 2.45) is 0 Å². The molecular formula is C12H12BrClF3N3. The molecule has 0 fully saturated rings. The molecule has 0 spiro atoms. The summed E-state index contributed by atoms with van der Waals surface area (Å²) >= 11 is 9.30. The summed E-state index contributed by atoms with van der Waals surface area (Å²) in [6.07, 6.45) is -3.67. The molecule has 8 heteroatoms. The van der Waals surface area contributed by atoms with E-state index < -0.39 is 24.0 Å². The fourth-order valence-electron chi connectivity index (χ4n) is 2.12. The van der Waals surface area contributed by atoms with E-state index in [-0.39, 0.29) is 0 Å². The summed E-state index contributed by atoms with van der Waals surface area (Å²) in [6.45, 7) is 3.16. The van der Waals surface area contributed by atoms with Crippen LogP contribution >= 0.6 is 27.5 Å². The fraction of sp³-hybridized carbons (Fsp3) is 0.500. The zero-order valence-electron chi connectivity index (χ0n) is 10.7. The van der Waals surface area contributed by atoms with Gasteiger partial charge in [-0.05, 0) is 35.8 Å². The van der Waals surface area contributed by atoms with Gasteiger partial charge in [-0.2, -0.15) is 13.2 Å². The third-order valence-corrected chi connectivity index (χ3v) is 3.48. The zero-order chi connectivity index (χ0) is 15.1. The van der Waals surface area contributed by atoms with Gasteiger partial charge in [0.15, 0.2) is 5.65 Å². The predicted molar refractivity (Wildman–Crippen MR) is 74.9 cm³/mol. The Balaban J connectivity index is 2.57. The standard InChI is InChI=1S/C12H12BrClF3N3/c1-6(4-12(15,16)17)20-10(7(2)14)19-9-3-8(13)5-18-11(9)20/h3,5-7H,4H2,1-2H3. The molecular weight excluding hydrogens is 359 g/mol. The van der Waals surface area contributed by atoms with E-state index in [1.165, 1.54) is 17.7 Å². The minimum absolute atomic E-state index is 0.393. The summed E-state index contributed by atoms with van der Waals surface area (Å²) in [5.74, 6) is 0.393. The molecule has 2 unspecified atom stereocenters. The van der Waals surface area contributed by atoms with Crippen LogP contribution < -0.4 is 0 Å². The molecule has 0 radical (unpaired) electrons. The predicted octanol–water partition coefficient (Wildman–Crippen LogP) is 5.01. The lowest BCUT2D eigenvalue weighted by Crippen LogP contribution is -2.18. The number of imidazole rings is 1. The largest absolute Gasteiger partial charge is 0.391 e. The number of fused-ring (bicyclic) bond motifs is 1. The Labute approximate surface area is 127 Å². The molecule has 0 aliphatic heterocycles. The quantitative estimate of drug-likeness (QED) is 0.711. The lowest BCUT2D eigenvalue weighted by molar-refractivity contribution is -0.141. The van der Waals surface area contributed by atoms with Gasteiger partial charge >= 0.3 is 6.18 Å². The summed E-state index contributed by atoms with van der Waals surface area (Å²) in [5.41, 5.74) is 0.934. The van der Waals surface area contributed by atoms with E-state index in [4.69, 9.17) is 11.6 Å². The molecule has 0 aromatic carbocycles. The molecule has 2 heterocycles. The van der Waals surface area contributed by atoms with Crippen LogP contribution in [-0.4, -0.2) is 20.7 Å². The van der Waals surface area contributed by atoms with Crippen molar-refractivity contribution >= 4 is 38.7 Å².